The number of amides is 2. The van der Waals surface area contributed by atoms with E-state index in [0.717, 1.165) is 6.42 Å². The molecule has 0 fully saturated rings. The monoisotopic (exact) mass is 462 g/mol. The SMILES string of the molecule is CCOc1cc(C(=O)Nc2ccc(NC(C)=O)cc2)cc(Br)c1OCCC(C)C. The number of benzene rings is 2. The van der Waals surface area contributed by atoms with Gasteiger partial charge in [0.25, 0.3) is 5.91 Å². The second-order valence-electron chi connectivity index (χ2n) is 6.96. The number of anilines is 2. The van der Waals surface area contributed by atoms with E-state index in [0.29, 0.717) is 52.0 Å². The Morgan fingerprint density at radius 1 is 1.03 bits per heavy atom. The fourth-order valence-corrected chi connectivity index (χ4v) is 3.10. The number of carbonyl (C=O) groups is 2. The maximum atomic E-state index is 12.7. The van der Waals surface area contributed by atoms with E-state index in [1.54, 1.807) is 36.4 Å². The lowest BCUT2D eigenvalue weighted by molar-refractivity contribution is -0.114. The molecule has 6 nitrogen and oxygen atoms in total. The van der Waals surface area contributed by atoms with E-state index < -0.39 is 0 Å². The quantitative estimate of drug-likeness (QED) is 0.516. The molecule has 0 bridgehead atoms. The molecule has 29 heavy (non-hydrogen) atoms. The van der Waals surface area contributed by atoms with E-state index in [1.165, 1.54) is 6.92 Å². The lowest BCUT2D eigenvalue weighted by atomic mass is 10.1. The Balaban J connectivity index is 2.15. The van der Waals surface area contributed by atoms with Crippen molar-refractivity contribution in [2.75, 3.05) is 23.8 Å². The molecule has 0 saturated carbocycles. The standard InChI is InChI=1S/C22H27BrN2O4/c1-5-28-20-13-16(12-19(23)21(20)29-11-10-14(2)3)22(27)25-18-8-6-17(7-9-18)24-15(4)26/h6-9,12-14H,5,10-11H2,1-4H3,(H,24,26)(H,25,27). The Kier molecular flexibility index (Phi) is 8.51. The molecule has 2 amide bonds. The number of carbonyl (C=O) groups excluding carboxylic acids is 2. The highest BCUT2D eigenvalue weighted by atomic mass is 79.9. The minimum absolute atomic E-state index is 0.147. The highest BCUT2D eigenvalue weighted by molar-refractivity contribution is 9.10. The number of hydrogen-bond donors (Lipinski definition) is 2. The summed E-state index contributed by atoms with van der Waals surface area (Å²) in [4.78, 5) is 23.8. The van der Waals surface area contributed by atoms with E-state index in [1.807, 2.05) is 6.92 Å². The molecule has 2 aromatic rings. The lowest BCUT2D eigenvalue weighted by Crippen LogP contribution is -2.13. The number of hydrogen-bond acceptors (Lipinski definition) is 4. The average Bonchev–Trinajstić information content (AvgIpc) is 2.64. The van der Waals surface area contributed by atoms with Crippen molar-refractivity contribution in [3.63, 3.8) is 0 Å². The molecule has 0 radical (unpaired) electrons. The van der Waals surface area contributed by atoms with Crippen molar-refractivity contribution in [3.8, 4) is 11.5 Å². The van der Waals surface area contributed by atoms with Crippen LogP contribution in [0.3, 0.4) is 0 Å². The first-order chi connectivity index (χ1) is 13.8. The van der Waals surface area contributed by atoms with Gasteiger partial charge in [0.15, 0.2) is 11.5 Å². The van der Waals surface area contributed by atoms with E-state index in [2.05, 4.69) is 40.4 Å². The van der Waals surface area contributed by atoms with Crippen LogP contribution in [0.4, 0.5) is 11.4 Å². The van der Waals surface area contributed by atoms with Crippen molar-refractivity contribution in [3.05, 3.63) is 46.4 Å². The van der Waals surface area contributed by atoms with Gasteiger partial charge in [-0.1, -0.05) is 13.8 Å². The Morgan fingerprint density at radius 3 is 2.21 bits per heavy atom. The van der Waals surface area contributed by atoms with Gasteiger partial charge in [-0.05, 0) is 71.6 Å². The fraction of sp³-hybridized carbons (Fsp3) is 0.364. The van der Waals surface area contributed by atoms with Crippen molar-refractivity contribution >= 4 is 39.1 Å². The summed E-state index contributed by atoms with van der Waals surface area (Å²) in [6.45, 7) is 8.64. The third kappa shape index (κ3) is 7.09. The normalized spacial score (nSPS) is 10.6. The molecule has 2 aromatic carbocycles. The first kappa shape index (κ1) is 22.7. The Hall–Kier alpha value is -2.54. The van der Waals surface area contributed by atoms with Crippen LogP contribution >= 0.6 is 15.9 Å². The summed E-state index contributed by atoms with van der Waals surface area (Å²) >= 11 is 3.50. The minimum atomic E-state index is -0.271. The van der Waals surface area contributed by atoms with Crippen LogP contribution in [0.5, 0.6) is 11.5 Å². The topological polar surface area (TPSA) is 76.7 Å². The molecule has 0 unspecified atom stereocenters. The zero-order chi connectivity index (χ0) is 21.4. The van der Waals surface area contributed by atoms with Crippen LogP contribution in [-0.4, -0.2) is 25.0 Å². The molecular formula is C22H27BrN2O4. The smallest absolute Gasteiger partial charge is 0.255 e. The highest BCUT2D eigenvalue weighted by Crippen LogP contribution is 2.37. The van der Waals surface area contributed by atoms with Crippen molar-refractivity contribution < 1.29 is 19.1 Å². The lowest BCUT2D eigenvalue weighted by Gasteiger charge is -2.16. The van der Waals surface area contributed by atoms with Gasteiger partial charge >= 0.3 is 0 Å². The zero-order valence-corrected chi connectivity index (χ0v) is 18.8. The van der Waals surface area contributed by atoms with Gasteiger partial charge in [0.1, 0.15) is 0 Å². The predicted octanol–water partition coefficient (Wildman–Crippen LogP) is 5.48. The van der Waals surface area contributed by atoms with Gasteiger partial charge in [0, 0.05) is 23.9 Å². The number of rotatable bonds is 9. The molecule has 0 spiro atoms. The van der Waals surface area contributed by atoms with Gasteiger partial charge in [0.2, 0.25) is 5.91 Å². The van der Waals surface area contributed by atoms with Crippen LogP contribution in [0.2, 0.25) is 0 Å². The van der Waals surface area contributed by atoms with Crippen LogP contribution in [0.15, 0.2) is 40.9 Å². The minimum Gasteiger partial charge on any atom is -0.490 e. The summed E-state index contributed by atoms with van der Waals surface area (Å²) < 4.78 is 12.3. The molecule has 0 atom stereocenters. The molecular weight excluding hydrogens is 436 g/mol. The number of nitrogens with one attached hydrogen (secondary N) is 2. The van der Waals surface area contributed by atoms with Crippen LogP contribution in [-0.2, 0) is 4.79 Å². The van der Waals surface area contributed by atoms with Crippen molar-refractivity contribution in [2.24, 2.45) is 5.92 Å². The van der Waals surface area contributed by atoms with E-state index >= 15 is 0 Å². The molecule has 0 saturated heterocycles. The summed E-state index contributed by atoms with van der Waals surface area (Å²) in [5.41, 5.74) is 1.73. The summed E-state index contributed by atoms with van der Waals surface area (Å²) in [7, 11) is 0. The van der Waals surface area contributed by atoms with Crippen LogP contribution in [0.1, 0.15) is 44.5 Å². The van der Waals surface area contributed by atoms with Crippen LogP contribution in [0, 0.1) is 5.92 Å². The van der Waals surface area contributed by atoms with Gasteiger partial charge in [0.05, 0.1) is 17.7 Å². The Bertz CT molecular complexity index is 851. The summed E-state index contributed by atoms with van der Waals surface area (Å²) in [6, 6.07) is 10.3. The zero-order valence-electron chi connectivity index (χ0n) is 17.2. The maximum Gasteiger partial charge on any atom is 0.255 e. The number of halogens is 1. The Labute approximate surface area is 180 Å². The second kappa shape index (κ2) is 10.9. The first-order valence-electron chi connectivity index (χ1n) is 9.58. The highest BCUT2D eigenvalue weighted by Gasteiger charge is 2.16. The van der Waals surface area contributed by atoms with Crippen LogP contribution in [0.25, 0.3) is 0 Å². The van der Waals surface area contributed by atoms with Gasteiger partial charge < -0.3 is 20.1 Å². The van der Waals surface area contributed by atoms with Crippen molar-refractivity contribution in [1.29, 1.82) is 0 Å². The number of ether oxygens (including phenoxy) is 2. The molecule has 0 aliphatic heterocycles. The third-order valence-corrected chi connectivity index (χ3v) is 4.57. The molecule has 2 N–H and O–H groups in total. The van der Waals surface area contributed by atoms with E-state index in [-0.39, 0.29) is 11.8 Å². The van der Waals surface area contributed by atoms with E-state index in [4.69, 9.17) is 9.47 Å². The third-order valence-electron chi connectivity index (χ3n) is 3.98. The van der Waals surface area contributed by atoms with Crippen molar-refractivity contribution in [2.45, 2.75) is 34.1 Å². The maximum absolute atomic E-state index is 12.7. The molecule has 7 heteroatoms. The molecule has 0 aromatic heterocycles. The van der Waals surface area contributed by atoms with Crippen LogP contribution < -0.4 is 20.1 Å². The largest absolute Gasteiger partial charge is 0.490 e. The Morgan fingerprint density at radius 2 is 1.66 bits per heavy atom. The summed E-state index contributed by atoms with van der Waals surface area (Å²) in [6.07, 6.45) is 0.925. The molecule has 0 aliphatic rings. The first-order valence-corrected chi connectivity index (χ1v) is 10.4. The second-order valence-corrected chi connectivity index (χ2v) is 7.82. The van der Waals surface area contributed by atoms with Gasteiger partial charge in [-0.25, -0.2) is 0 Å². The van der Waals surface area contributed by atoms with E-state index in [9.17, 15) is 9.59 Å². The van der Waals surface area contributed by atoms with Gasteiger partial charge in [-0.2, -0.15) is 0 Å². The molecule has 156 valence electrons. The van der Waals surface area contributed by atoms with Gasteiger partial charge in [-0.15, -0.1) is 0 Å². The molecule has 0 heterocycles. The summed E-state index contributed by atoms with van der Waals surface area (Å²) in [5.74, 6) is 1.24. The van der Waals surface area contributed by atoms with Crippen molar-refractivity contribution in [1.82, 2.24) is 0 Å². The average molecular weight is 463 g/mol. The molecule has 2 rings (SSSR count). The fourth-order valence-electron chi connectivity index (χ4n) is 2.54. The predicted molar refractivity (Wildman–Crippen MR) is 119 cm³/mol. The molecule has 0 aliphatic carbocycles. The summed E-state index contributed by atoms with van der Waals surface area (Å²) in [5, 5.41) is 5.53. The van der Waals surface area contributed by atoms with Gasteiger partial charge in [-0.3, -0.25) is 9.59 Å².